The lowest BCUT2D eigenvalue weighted by atomic mass is 10.1. The summed E-state index contributed by atoms with van der Waals surface area (Å²) in [6.45, 7) is -0.993. The molecule has 0 unspecified atom stereocenters. The number of rotatable bonds is 6. The van der Waals surface area contributed by atoms with Crippen LogP contribution in [0.1, 0.15) is 29.4 Å². The van der Waals surface area contributed by atoms with E-state index < -0.39 is 12.5 Å². The third-order valence-corrected chi connectivity index (χ3v) is 2.94. The molecule has 2 rings (SSSR count). The van der Waals surface area contributed by atoms with Gasteiger partial charge in [-0.2, -0.15) is 13.9 Å². The molecule has 1 amide bonds. The van der Waals surface area contributed by atoms with Gasteiger partial charge in [0.25, 0.3) is 5.91 Å². The summed E-state index contributed by atoms with van der Waals surface area (Å²) in [4.78, 5) is 15.8. The molecular weight excluding hydrogens is 304 g/mol. The van der Waals surface area contributed by atoms with Crippen molar-refractivity contribution in [1.29, 1.82) is 0 Å². The maximum Gasteiger partial charge on any atom is 0.387 e. The fourth-order valence-corrected chi connectivity index (χ4v) is 1.85. The van der Waals surface area contributed by atoms with E-state index in [0.29, 0.717) is 17.7 Å². The third kappa shape index (κ3) is 4.84. The van der Waals surface area contributed by atoms with Crippen molar-refractivity contribution in [3.63, 3.8) is 0 Å². The number of aromatic nitrogens is 1. The molecule has 0 radical (unpaired) electrons. The van der Waals surface area contributed by atoms with Crippen molar-refractivity contribution in [3.05, 3.63) is 59.9 Å². The summed E-state index contributed by atoms with van der Waals surface area (Å²) in [5, 5.41) is 4.07. The van der Waals surface area contributed by atoms with Gasteiger partial charge in [-0.05, 0) is 48.4 Å². The first-order chi connectivity index (χ1) is 11.1. The number of pyridine rings is 1. The van der Waals surface area contributed by atoms with Crippen LogP contribution < -0.4 is 10.2 Å². The summed E-state index contributed by atoms with van der Waals surface area (Å²) in [6.07, 6.45) is 2.07. The molecule has 120 valence electrons. The molecule has 0 aliphatic heterocycles. The SMILES string of the molecule is CC/C(=N\NC(=O)c1ccccn1)c1ccc(OC(F)F)cc1. The van der Waals surface area contributed by atoms with Gasteiger partial charge < -0.3 is 4.74 Å². The molecule has 1 aromatic heterocycles. The predicted octanol–water partition coefficient (Wildman–Crippen LogP) is 3.23. The molecule has 1 heterocycles. The highest BCUT2D eigenvalue weighted by molar-refractivity contribution is 6.01. The molecule has 0 bridgehead atoms. The van der Waals surface area contributed by atoms with Crippen LogP contribution >= 0.6 is 0 Å². The molecule has 1 N–H and O–H groups in total. The van der Waals surface area contributed by atoms with Crippen LogP contribution in [0.25, 0.3) is 0 Å². The van der Waals surface area contributed by atoms with Gasteiger partial charge in [0.05, 0.1) is 5.71 Å². The van der Waals surface area contributed by atoms with Crippen LogP contribution in [0.5, 0.6) is 5.75 Å². The Kier molecular flexibility index (Phi) is 5.74. The van der Waals surface area contributed by atoms with Gasteiger partial charge in [-0.25, -0.2) is 5.43 Å². The van der Waals surface area contributed by atoms with Gasteiger partial charge in [0.15, 0.2) is 0 Å². The van der Waals surface area contributed by atoms with Crippen LogP contribution in [0.15, 0.2) is 53.8 Å². The molecule has 1 aromatic carbocycles. The van der Waals surface area contributed by atoms with E-state index in [9.17, 15) is 13.6 Å². The molecule has 0 aliphatic carbocycles. The average Bonchev–Trinajstić information content (AvgIpc) is 2.57. The van der Waals surface area contributed by atoms with Crippen molar-refractivity contribution < 1.29 is 18.3 Å². The second kappa shape index (κ2) is 7.98. The Morgan fingerprint density at radius 1 is 1.26 bits per heavy atom. The van der Waals surface area contributed by atoms with E-state index in [2.05, 4.69) is 20.2 Å². The van der Waals surface area contributed by atoms with Gasteiger partial charge in [0.1, 0.15) is 11.4 Å². The van der Waals surface area contributed by atoms with Gasteiger partial charge in [-0.1, -0.05) is 13.0 Å². The standard InChI is InChI=1S/C16H15F2N3O2/c1-2-13(11-6-8-12(9-7-11)23-16(17)18)20-21-15(22)14-5-3-4-10-19-14/h3-10,16H,2H2,1H3,(H,21,22)/b20-13+. The number of carbonyl (C=O) groups excluding carboxylic acids is 1. The summed E-state index contributed by atoms with van der Waals surface area (Å²) in [6, 6.07) is 11.0. The minimum absolute atomic E-state index is 0.0664. The second-order valence-electron chi connectivity index (χ2n) is 4.47. The Morgan fingerprint density at radius 3 is 2.57 bits per heavy atom. The smallest absolute Gasteiger partial charge is 0.387 e. The van der Waals surface area contributed by atoms with Crippen LogP contribution in [-0.2, 0) is 0 Å². The van der Waals surface area contributed by atoms with E-state index in [0.717, 1.165) is 0 Å². The largest absolute Gasteiger partial charge is 0.435 e. The number of hydrogen-bond donors (Lipinski definition) is 1. The lowest BCUT2D eigenvalue weighted by molar-refractivity contribution is -0.0498. The highest BCUT2D eigenvalue weighted by Gasteiger charge is 2.08. The van der Waals surface area contributed by atoms with Gasteiger partial charge >= 0.3 is 6.61 Å². The highest BCUT2D eigenvalue weighted by atomic mass is 19.3. The molecule has 23 heavy (non-hydrogen) atoms. The average molecular weight is 319 g/mol. The molecule has 0 aliphatic rings. The number of hydrazone groups is 1. The second-order valence-corrected chi connectivity index (χ2v) is 4.47. The van der Waals surface area contributed by atoms with Crippen LogP contribution in [0, 0.1) is 0 Å². The van der Waals surface area contributed by atoms with Crippen molar-refractivity contribution >= 4 is 11.6 Å². The minimum Gasteiger partial charge on any atom is -0.435 e. The predicted molar refractivity (Wildman–Crippen MR) is 81.6 cm³/mol. The monoisotopic (exact) mass is 319 g/mol. The topological polar surface area (TPSA) is 63.6 Å². The number of carbonyl (C=O) groups is 1. The molecule has 0 atom stereocenters. The van der Waals surface area contributed by atoms with Crippen molar-refractivity contribution in [2.75, 3.05) is 0 Å². The Hall–Kier alpha value is -2.83. The van der Waals surface area contributed by atoms with E-state index in [-0.39, 0.29) is 11.4 Å². The summed E-state index contributed by atoms with van der Waals surface area (Å²) in [5.41, 5.74) is 4.00. The first kappa shape index (κ1) is 16.5. The zero-order valence-corrected chi connectivity index (χ0v) is 12.4. The molecule has 2 aromatic rings. The molecule has 0 saturated heterocycles. The van der Waals surface area contributed by atoms with Crippen molar-refractivity contribution in [2.24, 2.45) is 5.10 Å². The molecule has 5 nitrogen and oxygen atoms in total. The van der Waals surface area contributed by atoms with Gasteiger partial charge in [-0.15, -0.1) is 0 Å². The minimum atomic E-state index is -2.86. The fourth-order valence-electron chi connectivity index (χ4n) is 1.85. The molecule has 7 heteroatoms. The summed E-state index contributed by atoms with van der Waals surface area (Å²) in [5.74, 6) is -0.356. The van der Waals surface area contributed by atoms with Crippen molar-refractivity contribution in [2.45, 2.75) is 20.0 Å². The van der Waals surface area contributed by atoms with Crippen LogP contribution in [0.3, 0.4) is 0 Å². The van der Waals surface area contributed by atoms with Gasteiger partial charge in [-0.3, -0.25) is 9.78 Å². The Labute approximate surface area is 132 Å². The van der Waals surface area contributed by atoms with Crippen LogP contribution in [0.4, 0.5) is 8.78 Å². The first-order valence-electron chi connectivity index (χ1n) is 6.93. The van der Waals surface area contributed by atoms with E-state index in [1.165, 1.54) is 18.3 Å². The number of halogens is 2. The zero-order valence-electron chi connectivity index (χ0n) is 12.4. The summed E-state index contributed by atoms with van der Waals surface area (Å²) in [7, 11) is 0. The lowest BCUT2D eigenvalue weighted by Gasteiger charge is -2.07. The first-order valence-corrected chi connectivity index (χ1v) is 6.93. The van der Waals surface area contributed by atoms with E-state index in [1.54, 1.807) is 30.3 Å². The molecule has 0 saturated carbocycles. The maximum atomic E-state index is 12.1. The number of nitrogens with one attached hydrogen (secondary N) is 1. The number of alkyl halides is 2. The van der Waals surface area contributed by atoms with Gasteiger partial charge in [0, 0.05) is 6.20 Å². The quantitative estimate of drug-likeness (QED) is 0.657. The molecular formula is C16H15F2N3O2. The van der Waals surface area contributed by atoms with Crippen molar-refractivity contribution in [3.8, 4) is 5.75 Å². The number of amides is 1. The maximum absolute atomic E-state index is 12.1. The van der Waals surface area contributed by atoms with E-state index in [1.807, 2.05) is 6.92 Å². The van der Waals surface area contributed by atoms with E-state index >= 15 is 0 Å². The zero-order chi connectivity index (χ0) is 16.7. The number of hydrogen-bond acceptors (Lipinski definition) is 4. The number of ether oxygens (including phenoxy) is 1. The fraction of sp³-hybridized carbons (Fsp3) is 0.188. The van der Waals surface area contributed by atoms with Crippen molar-refractivity contribution in [1.82, 2.24) is 10.4 Å². The highest BCUT2D eigenvalue weighted by Crippen LogP contribution is 2.16. The third-order valence-electron chi connectivity index (χ3n) is 2.94. The normalized spacial score (nSPS) is 11.4. The summed E-state index contributed by atoms with van der Waals surface area (Å²) < 4.78 is 28.5. The van der Waals surface area contributed by atoms with Crippen LogP contribution in [-0.4, -0.2) is 23.2 Å². The molecule has 0 spiro atoms. The van der Waals surface area contributed by atoms with Crippen LogP contribution in [0.2, 0.25) is 0 Å². The lowest BCUT2D eigenvalue weighted by Crippen LogP contribution is -2.20. The van der Waals surface area contributed by atoms with Gasteiger partial charge in [0.2, 0.25) is 0 Å². The number of benzene rings is 1. The van der Waals surface area contributed by atoms with E-state index in [4.69, 9.17) is 0 Å². The Balaban J connectivity index is 2.08. The Morgan fingerprint density at radius 2 is 2.00 bits per heavy atom. The number of nitrogens with zero attached hydrogens (tertiary/aromatic N) is 2. The molecule has 0 fully saturated rings. The Bertz CT molecular complexity index is 673. The summed E-state index contributed by atoms with van der Waals surface area (Å²) >= 11 is 0.